The van der Waals surface area contributed by atoms with Crippen LogP contribution in [0.25, 0.3) is 22.2 Å². The van der Waals surface area contributed by atoms with Crippen molar-refractivity contribution in [2.24, 2.45) is 0 Å². The highest BCUT2D eigenvalue weighted by atomic mass is 15.1. The van der Waals surface area contributed by atoms with Gasteiger partial charge in [0.2, 0.25) is 0 Å². The first-order valence-electron chi connectivity index (χ1n) is 7.12. The predicted octanol–water partition coefficient (Wildman–Crippen LogP) is 4.37. The Morgan fingerprint density at radius 3 is 2.32 bits per heavy atom. The van der Waals surface area contributed by atoms with Gasteiger partial charge < -0.3 is 5.32 Å². The lowest BCUT2D eigenvalue weighted by molar-refractivity contribution is 1.12. The molecule has 4 nitrogen and oxygen atoms in total. The van der Waals surface area contributed by atoms with E-state index in [1.165, 1.54) is 0 Å². The number of anilines is 2. The number of aromatic nitrogens is 3. The van der Waals surface area contributed by atoms with E-state index in [-0.39, 0.29) is 0 Å². The second-order valence-electron chi connectivity index (χ2n) is 5.01. The van der Waals surface area contributed by atoms with Gasteiger partial charge in [-0.1, -0.05) is 48.5 Å². The van der Waals surface area contributed by atoms with E-state index in [0.29, 0.717) is 0 Å². The molecule has 106 valence electrons. The van der Waals surface area contributed by atoms with Gasteiger partial charge in [-0.3, -0.25) is 5.10 Å². The Morgan fingerprint density at radius 1 is 0.818 bits per heavy atom. The zero-order valence-electron chi connectivity index (χ0n) is 11.8. The molecule has 0 fully saturated rings. The number of rotatable bonds is 3. The fourth-order valence-electron chi connectivity index (χ4n) is 2.52. The number of nitrogens with one attached hydrogen (secondary N) is 2. The van der Waals surface area contributed by atoms with Gasteiger partial charge in [0.15, 0.2) is 0 Å². The number of pyridine rings is 1. The van der Waals surface area contributed by atoms with Crippen LogP contribution in [0.2, 0.25) is 0 Å². The molecule has 4 rings (SSSR count). The van der Waals surface area contributed by atoms with Crippen molar-refractivity contribution in [3.8, 4) is 11.3 Å². The Morgan fingerprint density at radius 2 is 1.55 bits per heavy atom. The molecule has 0 bridgehead atoms. The molecule has 22 heavy (non-hydrogen) atoms. The van der Waals surface area contributed by atoms with E-state index >= 15 is 0 Å². The molecular weight excluding hydrogens is 272 g/mol. The zero-order chi connectivity index (χ0) is 14.8. The van der Waals surface area contributed by atoms with E-state index < -0.39 is 0 Å². The van der Waals surface area contributed by atoms with Crippen molar-refractivity contribution < 1.29 is 0 Å². The Kier molecular flexibility index (Phi) is 3.05. The summed E-state index contributed by atoms with van der Waals surface area (Å²) in [6, 6.07) is 22.1. The number of H-pyrrole nitrogens is 1. The van der Waals surface area contributed by atoms with Crippen LogP contribution in [0.1, 0.15) is 0 Å². The number of hydrogen-bond donors (Lipinski definition) is 2. The minimum absolute atomic E-state index is 0.802. The van der Waals surface area contributed by atoms with Gasteiger partial charge in [0, 0.05) is 17.4 Å². The second kappa shape index (κ2) is 5.33. The van der Waals surface area contributed by atoms with E-state index in [1.807, 2.05) is 54.6 Å². The van der Waals surface area contributed by atoms with Crippen molar-refractivity contribution >= 4 is 22.4 Å². The Bertz CT molecular complexity index is 898. The van der Waals surface area contributed by atoms with Crippen molar-refractivity contribution in [1.82, 2.24) is 15.2 Å². The third-order valence-corrected chi connectivity index (χ3v) is 3.56. The summed E-state index contributed by atoms with van der Waals surface area (Å²) in [5.41, 5.74) is 3.94. The van der Waals surface area contributed by atoms with Gasteiger partial charge in [-0.05, 0) is 18.2 Å². The fraction of sp³-hybridized carbons (Fsp3) is 0. The van der Waals surface area contributed by atoms with Gasteiger partial charge in [0.25, 0.3) is 0 Å². The minimum atomic E-state index is 0.802. The van der Waals surface area contributed by atoms with Crippen LogP contribution in [-0.2, 0) is 0 Å². The van der Waals surface area contributed by atoms with Crippen LogP contribution in [0.3, 0.4) is 0 Å². The quantitative estimate of drug-likeness (QED) is 0.588. The molecule has 2 aromatic heterocycles. The lowest BCUT2D eigenvalue weighted by Gasteiger charge is -2.07. The topological polar surface area (TPSA) is 53.6 Å². The molecule has 0 aliphatic rings. The molecule has 2 heterocycles. The molecule has 0 aliphatic carbocycles. The van der Waals surface area contributed by atoms with E-state index in [0.717, 1.165) is 33.7 Å². The molecule has 0 atom stereocenters. The molecule has 0 saturated heterocycles. The van der Waals surface area contributed by atoms with Crippen LogP contribution in [0, 0.1) is 0 Å². The van der Waals surface area contributed by atoms with Crippen LogP contribution in [-0.4, -0.2) is 15.2 Å². The highest BCUT2D eigenvalue weighted by Crippen LogP contribution is 2.31. The number of fused-ring (bicyclic) bond motifs is 1. The normalized spacial score (nSPS) is 10.7. The smallest absolute Gasteiger partial charge is 0.142 e. The number of para-hydroxylation sites is 1. The first-order chi connectivity index (χ1) is 10.9. The molecule has 0 unspecified atom stereocenters. The molecular formula is C18H14N4. The summed E-state index contributed by atoms with van der Waals surface area (Å²) in [5.74, 6) is 0.802. The Hall–Kier alpha value is -3.14. The number of nitrogens with zero attached hydrogens (tertiary/aromatic N) is 2. The summed E-state index contributed by atoms with van der Waals surface area (Å²) in [7, 11) is 0. The predicted molar refractivity (Wildman–Crippen MR) is 89.0 cm³/mol. The third-order valence-electron chi connectivity index (χ3n) is 3.56. The highest BCUT2D eigenvalue weighted by Gasteiger charge is 2.13. The molecule has 4 aromatic rings. The third kappa shape index (κ3) is 2.20. The standard InChI is InChI=1S/C18H14N4/c1-3-7-13(8-4-1)17-16-15(21-22-17)11-12-19-18(16)20-14-9-5-2-6-10-14/h1-12H,(H,19,20)(H,21,22). The van der Waals surface area contributed by atoms with E-state index in [9.17, 15) is 0 Å². The molecule has 0 amide bonds. The highest BCUT2D eigenvalue weighted by molar-refractivity contribution is 6.01. The number of hydrogen-bond acceptors (Lipinski definition) is 3. The summed E-state index contributed by atoms with van der Waals surface area (Å²) < 4.78 is 0. The van der Waals surface area contributed by atoms with Crippen LogP contribution >= 0.6 is 0 Å². The monoisotopic (exact) mass is 286 g/mol. The lowest BCUT2D eigenvalue weighted by Crippen LogP contribution is -1.94. The van der Waals surface area contributed by atoms with Crippen molar-refractivity contribution in [3.05, 3.63) is 72.9 Å². The molecule has 0 saturated carbocycles. The van der Waals surface area contributed by atoms with Crippen molar-refractivity contribution in [2.45, 2.75) is 0 Å². The summed E-state index contributed by atoms with van der Waals surface area (Å²) >= 11 is 0. The van der Waals surface area contributed by atoms with E-state index in [2.05, 4.69) is 32.6 Å². The summed E-state index contributed by atoms with van der Waals surface area (Å²) in [4.78, 5) is 4.49. The van der Waals surface area contributed by atoms with Crippen molar-refractivity contribution in [1.29, 1.82) is 0 Å². The SMILES string of the molecule is c1ccc(Nc2nccc3[nH]nc(-c4ccccc4)c23)cc1. The molecule has 0 spiro atoms. The first kappa shape index (κ1) is 12.6. The van der Waals surface area contributed by atoms with Gasteiger partial charge in [0.1, 0.15) is 11.5 Å². The molecule has 2 N–H and O–H groups in total. The molecule has 4 heteroatoms. The van der Waals surface area contributed by atoms with Crippen LogP contribution in [0.4, 0.5) is 11.5 Å². The summed E-state index contributed by atoms with van der Waals surface area (Å²) in [6.45, 7) is 0. The molecule has 2 aromatic carbocycles. The maximum Gasteiger partial charge on any atom is 0.142 e. The largest absolute Gasteiger partial charge is 0.340 e. The summed E-state index contributed by atoms with van der Waals surface area (Å²) in [6.07, 6.45) is 1.78. The van der Waals surface area contributed by atoms with Crippen LogP contribution < -0.4 is 5.32 Å². The van der Waals surface area contributed by atoms with Gasteiger partial charge >= 0.3 is 0 Å². The van der Waals surface area contributed by atoms with Gasteiger partial charge in [0.05, 0.1) is 10.9 Å². The maximum atomic E-state index is 4.49. The average molecular weight is 286 g/mol. The zero-order valence-corrected chi connectivity index (χ0v) is 11.8. The van der Waals surface area contributed by atoms with Crippen LogP contribution in [0.15, 0.2) is 72.9 Å². The minimum Gasteiger partial charge on any atom is -0.340 e. The first-order valence-corrected chi connectivity index (χ1v) is 7.12. The Balaban J connectivity index is 1.87. The number of benzene rings is 2. The number of aromatic amines is 1. The van der Waals surface area contributed by atoms with Gasteiger partial charge in [-0.15, -0.1) is 0 Å². The van der Waals surface area contributed by atoms with E-state index in [1.54, 1.807) is 6.20 Å². The average Bonchev–Trinajstić information content (AvgIpc) is 3.02. The van der Waals surface area contributed by atoms with Gasteiger partial charge in [-0.2, -0.15) is 5.10 Å². The van der Waals surface area contributed by atoms with Crippen molar-refractivity contribution in [2.75, 3.05) is 5.32 Å². The summed E-state index contributed by atoms with van der Waals surface area (Å²) in [5, 5.41) is 11.9. The second-order valence-corrected chi connectivity index (χ2v) is 5.01. The van der Waals surface area contributed by atoms with Crippen LogP contribution in [0.5, 0.6) is 0 Å². The van der Waals surface area contributed by atoms with Crippen molar-refractivity contribution in [3.63, 3.8) is 0 Å². The molecule has 0 radical (unpaired) electrons. The maximum absolute atomic E-state index is 4.49. The lowest BCUT2D eigenvalue weighted by atomic mass is 10.1. The van der Waals surface area contributed by atoms with E-state index in [4.69, 9.17) is 0 Å². The molecule has 0 aliphatic heterocycles. The Labute approximate surface area is 127 Å². The fourth-order valence-corrected chi connectivity index (χ4v) is 2.52. The van der Waals surface area contributed by atoms with Gasteiger partial charge in [-0.25, -0.2) is 4.98 Å².